The molecule has 0 spiro atoms. The molecule has 0 unspecified atom stereocenters. The number of rotatable bonds is 5. The largest absolute Gasteiger partial charge is 0.495 e. The molecule has 2 aromatic rings. The first-order chi connectivity index (χ1) is 9.22. The maximum absolute atomic E-state index is 8.97. The molecule has 100 valence electrons. The lowest BCUT2D eigenvalue weighted by molar-refractivity contribution is 0.282. The van der Waals surface area contributed by atoms with Gasteiger partial charge in [0.2, 0.25) is 0 Å². The Morgan fingerprint density at radius 1 is 1.11 bits per heavy atom. The second kappa shape index (κ2) is 6.45. The lowest BCUT2D eigenvalue weighted by Crippen LogP contribution is -1.99. The van der Waals surface area contributed by atoms with Crippen molar-refractivity contribution in [3.63, 3.8) is 0 Å². The number of aliphatic hydroxyl groups is 1. The lowest BCUT2D eigenvalue weighted by atomic mass is 10.2. The molecule has 0 saturated carbocycles. The molecule has 0 heterocycles. The fourth-order valence-electron chi connectivity index (χ4n) is 1.75. The summed E-state index contributed by atoms with van der Waals surface area (Å²) in [6, 6.07) is 13.4. The van der Waals surface area contributed by atoms with E-state index in [1.165, 1.54) is 0 Å². The quantitative estimate of drug-likeness (QED) is 0.879. The van der Waals surface area contributed by atoms with Gasteiger partial charge in [0.25, 0.3) is 0 Å². The summed E-state index contributed by atoms with van der Waals surface area (Å²) in [7, 11) is 1.60. The van der Waals surface area contributed by atoms with Gasteiger partial charge >= 0.3 is 0 Å². The first-order valence-corrected chi connectivity index (χ1v) is 6.37. The van der Waals surface area contributed by atoms with Crippen molar-refractivity contribution in [1.82, 2.24) is 0 Å². The van der Waals surface area contributed by atoms with Crippen molar-refractivity contribution in [3.05, 3.63) is 58.6 Å². The zero-order valence-corrected chi connectivity index (χ0v) is 11.4. The molecule has 2 N–H and O–H groups in total. The number of benzene rings is 2. The fourth-order valence-corrected chi connectivity index (χ4v) is 2.03. The van der Waals surface area contributed by atoms with E-state index in [-0.39, 0.29) is 6.61 Å². The molecule has 0 aromatic heterocycles. The maximum atomic E-state index is 8.97. The van der Waals surface area contributed by atoms with Gasteiger partial charge in [0.05, 0.1) is 18.7 Å². The van der Waals surface area contributed by atoms with Crippen LogP contribution in [0.25, 0.3) is 0 Å². The Hall–Kier alpha value is -1.71. The number of ether oxygens (including phenoxy) is 1. The zero-order valence-electron chi connectivity index (χ0n) is 10.7. The molecular formula is C15H16ClNO2. The normalized spacial score (nSPS) is 10.3. The van der Waals surface area contributed by atoms with E-state index in [1.807, 2.05) is 42.5 Å². The Kier molecular flexibility index (Phi) is 4.66. The second-order valence-corrected chi connectivity index (χ2v) is 4.58. The van der Waals surface area contributed by atoms with Gasteiger partial charge in [-0.3, -0.25) is 0 Å². The Morgan fingerprint density at radius 3 is 2.37 bits per heavy atom. The van der Waals surface area contributed by atoms with Crippen LogP contribution in [0.4, 0.5) is 5.69 Å². The lowest BCUT2D eigenvalue weighted by Gasteiger charge is -2.09. The van der Waals surface area contributed by atoms with Gasteiger partial charge in [0, 0.05) is 12.2 Å². The van der Waals surface area contributed by atoms with Crippen molar-refractivity contribution in [1.29, 1.82) is 0 Å². The number of nitrogens with one attached hydrogen (secondary N) is 1. The molecule has 0 aliphatic rings. The number of methoxy groups -OCH3 is 1. The van der Waals surface area contributed by atoms with Crippen molar-refractivity contribution in [2.75, 3.05) is 12.4 Å². The van der Waals surface area contributed by atoms with Crippen molar-refractivity contribution in [2.24, 2.45) is 0 Å². The average molecular weight is 278 g/mol. The van der Waals surface area contributed by atoms with Crippen molar-refractivity contribution in [3.8, 4) is 5.75 Å². The molecule has 0 radical (unpaired) electrons. The van der Waals surface area contributed by atoms with Crippen LogP contribution in [0.1, 0.15) is 11.1 Å². The third-order valence-corrected chi connectivity index (χ3v) is 3.14. The molecule has 0 amide bonds. The van der Waals surface area contributed by atoms with E-state index in [0.29, 0.717) is 17.3 Å². The van der Waals surface area contributed by atoms with Gasteiger partial charge in [-0.15, -0.1) is 0 Å². The van der Waals surface area contributed by atoms with Crippen LogP contribution >= 0.6 is 11.6 Å². The highest BCUT2D eigenvalue weighted by atomic mass is 35.5. The minimum absolute atomic E-state index is 0.0639. The number of hydrogen-bond acceptors (Lipinski definition) is 3. The molecule has 2 rings (SSSR count). The van der Waals surface area contributed by atoms with Crippen LogP contribution < -0.4 is 10.1 Å². The van der Waals surface area contributed by atoms with E-state index in [0.717, 1.165) is 16.8 Å². The summed E-state index contributed by atoms with van der Waals surface area (Å²) in [6.45, 7) is 0.747. The molecular weight excluding hydrogens is 262 g/mol. The summed E-state index contributed by atoms with van der Waals surface area (Å²) in [5, 5.41) is 12.9. The molecule has 0 bridgehead atoms. The van der Waals surface area contributed by atoms with Crippen LogP contribution in [0, 0.1) is 0 Å². The van der Waals surface area contributed by atoms with Crippen LogP contribution in [-0.2, 0) is 13.2 Å². The topological polar surface area (TPSA) is 41.5 Å². The first-order valence-electron chi connectivity index (χ1n) is 5.99. The second-order valence-electron chi connectivity index (χ2n) is 4.18. The van der Waals surface area contributed by atoms with E-state index >= 15 is 0 Å². The van der Waals surface area contributed by atoms with Crippen LogP contribution in [-0.4, -0.2) is 12.2 Å². The highest BCUT2D eigenvalue weighted by Gasteiger charge is 2.01. The third-order valence-electron chi connectivity index (χ3n) is 2.85. The van der Waals surface area contributed by atoms with Gasteiger partial charge in [-0.2, -0.15) is 0 Å². The number of aliphatic hydroxyl groups excluding tert-OH is 1. The Bertz CT molecular complexity index is 540. The van der Waals surface area contributed by atoms with Crippen molar-refractivity contribution < 1.29 is 9.84 Å². The number of halogens is 1. The average Bonchev–Trinajstić information content (AvgIpc) is 2.46. The molecule has 0 aliphatic carbocycles. The molecule has 4 heteroatoms. The van der Waals surface area contributed by atoms with E-state index in [4.69, 9.17) is 21.4 Å². The molecule has 2 aromatic carbocycles. The predicted octanol–water partition coefficient (Wildman–Crippen LogP) is 3.45. The monoisotopic (exact) mass is 277 g/mol. The van der Waals surface area contributed by atoms with Crippen LogP contribution in [0.15, 0.2) is 42.5 Å². The van der Waals surface area contributed by atoms with Gasteiger partial charge in [-0.05, 0) is 35.4 Å². The standard InChI is InChI=1S/C15H16ClNO2/c1-19-15-7-4-12(8-14(15)16)9-17-13-5-2-11(10-18)3-6-13/h2-8,17-18H,9-10H2,1H3. The van der Waals surface area contributed by atoms with E-state index in [1.54, 1.807) is 7.11 Å². The first kappa shape index (κ1) is 13.7. The van der Waals surface area contributed by atoms with Gasteiger partial charge in [-0.25, -0.2) is 0 Å². The van der Waals surface area contributed by atoms with Crippen LogP contribution in [0.2, 0.25) is 5.02 Å². The Balaban J connectivity index is 1.99. The molecule has 0 atom stereocenters. The van der Waals surface area contributed by atoms with Crippen molar-refractivity contribution >= 4 is 17.3 Å². The summed E-state index contributed by atoms with van der Waals surface area (Å²) in [5.74, 6) is 0.678. The van der Waals surface area contributed by atoms with E-state index in [9.17, 15) is 0 Å². The smallest absolute Gasteiger partial charge is 0.137 e. The highest BCUT2D eigenvalue weighted by Crippen LogP contribution is 2.25. The van der Waals surface area contributed by atoms with Gasteiger partial charge < -0.3 is 15.2 Å². The van der Waals surface area contributed by atoms with Gasteiger partial charge in [0.15, 0.2) is 0 Å². The molecule has 0 saturated heterocycles. The third kappa shape index (κ3) is 3.63. The van der Waals surface area contributed by atoms with Gasteiger partial charge in [-0.1, -0.05) is 29.8 Å². The highest BCUT2D eigenvalue weighted by molar-refractivity contribution is 6.32. The minimum atomic E-state index is 0.0639. The molecule has 0 aliphatic heterocycles. The summed E-state index contributed by atoms with van der Waals surface area (Å²) < 4.78 is 5.11. The molecule has 0 fully saturated rings. The maximum Gasteiger partial charge on any atom is 0.137 e. The summed E-state index contributed by atoms with van der Waals surface area (Å²) in [5.41, 5.74) is 2.99. The molecule has 19 heavy (non-hydrogen) atoms. The van der Waals surface area contributed by atoms with Crippen LogP contribution in [0.5, 0.6) is 5.75 Å². The van der Waals surface area contributed by atoms with Gasteiger partial charge in [0.1, 0.15) is 5.75 Å². The SMILES string of the molecule is COc1ccc(CNc2ccc(CO)cc2)cc1Cl. The zero-order chi connectivity index (χ0) is 13.7. The fraction of sp³-hybridized carbons (Fsp3) is 0.200. The van der Waals surface area contributed by atoms with E-state index in [2.05, 4.69) is 5.32 Å². The number of anilines is 1. The Morgan fingerprint density at radius 2 is 1.79 bits per heavy atom. The number of hydrogen-bond donors (Lipinski definition) is 2. The summed E-state index contributed by atoms with van der Waals surface area (Å²) in [6.07, 6.45) is 0. The van der Waals surface area contributed by atoms with E-state index < -0.39 is 0 Å². The van der Waals surface area contributed by atoms with Crippen molar-refractivity contribution in [2.45, 2.75) is 13.2 Å². The predicted molar refractivity (Wildman–Crippen MR) is 77.7 cm³/mol. The Labute approximate surface area is 117 Å². The van der Waals surface area contributed by atoms with Crippen LogP contribution in [0.3, 0.4) is 0 Å². The summed E-state index contributed by atoms with van der Waals surface area (Å²) >= 11 is 6.07. The molecule has 3 nitrogen and oxygen atoms in total. The minimum Gasteiger partial charge on any atom is -0.495 e. The summed E-state index contributed by atoms with van der Waals surface area (Å²) in [4.78, 5) is 0.